The molecular formula is C21H26FNO5. The molecule has 0 aromatic heterocycles. The Kier molecular flexibility index (Phi) is 8.19. The Morgan fingerprint density at radius 1 is 1.18 bits per heavy atom. The Labute approximate surface area is 164 Å². The second kappa shape index (κ2) is 10.6. The van der Waals surface area contributed by atoms with Gasteiger partial charge >= 0.3 is 12.1 Å². The van der Waals surface area contributed by atoms with Crippen LogP contribution in [0.2, 0.25) is 0 Å². The smallest absolute Gasteiger partial charge is 0.407 e. The number of halogens is 1. The first-order valence-corrected chi connectivity index (χ1v) is 9.14. The van der Waals surface area contributed by atoms with Crippen LogP contribution in [0.15, 0.2) is 49.6 Å². The van der Waals surface area contributed by atoms with E-state index >= 15 is 0 Å². The minimum Gasteiger partial charge on any atom is -0.461 e. The van der Waals surface area contributed by atoms with Crippen molar-refractivity contribution in [1.82, 2.24) is 5.32 Å². The third-order valence-corrected chi connectivity index (χ3v) is 4.45. The number of carbonyl (C=O) groups is 2. The largest absolute Gasteiger partial charge is 0.461 e. The van der Waals surface area contributed by atoms with Gasteiger partial charge in [0.2, 0.25) is 0 Å². The fourth-order valence-corrected chi connectivity index (χ4v) is 3.01. The third kappa shape index (κ3) is 6.49. The van der Waals surface area contributed by atoms with Crippen LogP contribution < -0.4 is 5.32 Å². The molecule has 4 atom stereocenters. The number of rotatable bonds is 11. The second-order valence-corrected chi connectivity index (χ2v) is 6.65. The van der Waals surface area contributed by atoms with Gasteiger partial charge in [0.05, 0.1) is 18.6 Å². The van der Waals surface area contributed by atoms with E-state index < -0.39 is 12.0 Å². The van der Waals surface area contributed by atoms with Crippen molar-refractivity contribution in [2.45, 2.75) is 32.1 Å². The summed E-state index contributed by atoms with van der Waals surface area (Å²) >= 11 is 0. The van der Waals surface area contributed by atoms with Gasteiger partial charge in [-0.05, 0) is 37.0 Å². The van der Waals surface area contributed by atoms with Crippen molar-refractivity contribution in [1.29, 1.82) is 0 Å². The van der Waals surface area contributed by atoms with Crippen LogP contribution in [0.4, 0.5) is 9.18 Å². The van der Waals surface area contributed by atoms with Gasteiger partial charge in [-0.3, -0.25) is 4.79 Å². The van der Waals surface area contributed by atoms with Crippen LogP contribution in [-0.2, 0) is 25.6 Å². The highest BCUT2D eigenvalue weighted by Crippen LogP contribution is 2.44. The highest BCUT2D eigenvalue weighted by Gasteiger charge is 2.57. The van der Waals surface area contributed by atoms with Crippen molar-refractivity contribution in [3.8, 4) is 0 Å². The molecule has 7 heteroatoms. The molecule has 1 amide bonds. The topological polar surface area (TPSA) is 73.9 Å². The van der Waals surface area contributed by atoms with Crippen molar-refractivity contribution in [3.63, 3.8) is 0 Å². The first kappa shape index (κ1) is 21.6. The SMILES string of the molecule is C=CCOC(=O)NC1C(CC(C)OCc2ccc(F)cc2)C1C(=O)OCC=C. The number of amides is 1. The number of esters is 1. The molecule has 0 heterocycles. The van der Waals surface area contributed by atoms with Gasteiger partial charge in [0.15, 0.2) is 0 Å². The van der Waals surface area contributed by atoms with E-state index in [0.717, 1.165) is 5.56 Å². The van der Waals surface area contributed by atoms with Crippen LogP contribution in [0, 0.1) is 17.7 Å². The highest BCUT2D eigenvalue weighted by atomic mass is 19.1. The first-order chi connectivity index (χ1) is 13.5. The minimum atomic E-state index is -0.603. The van der Waals surface area contributed by atoms with Crippen LogP contribution in [0.3, 0.4) is 0 Å². The van der Waals surface area contributed by atoms with Crippen LogP contribution in [0.1, 0.15) is 18.9 Å². The lowest BCUT2D eigenvalue weighted by Gasteiger charge is -2.13. The van der Waals surface area contributed by atoms with Crippen LogP contribution in [-0.4, -0.2) is 37.4 Å². The highest BCUT2D eigenvalue weighted by molar-refractivity contribution is 5.79. The maximum atomic E-state index is 13.0. The molecule has 6 nitrogen and oxygen atoms in total. The van der Waals surface area contributed by atoms with Crippen molar-refractivity contribution in [2.24, 2.45) is 11.8 Å². The van der Waals surface area contributed by atoms with Gasteiger partial charge in [-0.1, -0.05) is 37.4 Å². The zero-order valence-electron chi connectivity index (χ0n) is 15.9. The van der Waals surface area contributed by atoms with Gasteiger partial charge in [-0.25, -0.2) is 9.18 Å². The van der Waals surface area contributed by atoms with Crippen LogP contribution in [0.25, 0.3) is 0 Å². The van der Waals surface area contributed by atoms with E-state index in [9.17, 15) is 14.0 Å². The molecule has 1 aromatic rings. The summed E-state index contributed by atoms with van der Waals surface area (Å²) in [4.78, 5) is 24.0. The van der Waals surface area contributed by atoms with Crippen molar-refractivity contribution >= 4 is 12.1 Å². The molecule has 1 aromatic carbocycles. The zero-order valence-corrected chi connectivity index (χ0v) is 15.9. The maximum absolute atomic E-state index is 13.0. The Morgan fingerprint density at radius 3 is 2.46 bits per heavy atom. The average molecular weight is 391 g/mol. The van der Waals surface area contributed by atoms with Crippen molar-refractivity contribution in [2.75, 3.05) is 13.2 Å². The molecule has 0 bridgehead atoms. The van der Waals surface area contributed by atoms with E-state index in [4.69, 9.17) is 14.2 Å². The molecule has 0 saturated heterocycles. The first-order valence-electron chi connectivity index (χ1n) is 9.14. The fourth-order valence-electron chi connectivity index (χ4n) is 3.01. The number of hydrogen-bond acceptors (Lipinski definition) is 5. The standard InChI is InChI=1S/C21H26FNO5/c1-4-10-26-20(24)18-17(19(18)23-21(25)27-11-5-2)12-14(3)28-13-15-6-8-16(22)9-7-15/h4-9,14,17-19H,1-2,10-13H2,3H3,(H,23,25). The second-order valence-electron chi connectivity index (χ2n) is 6.65. The normalized spacial score (nSPS) is 21.3. The van der Waals surface area contributed by atoms with E-state index in [0.29, 0.717) is 13.0 Å². The van der Waals surface area contributed by atoms with Crippen molar-refractivity contribution < 1.29 is 28.2 Å². The summed E-state index contributed by atoms with van der Waals surface area (Å²) in [7, 11) is 0. The molecule has 1 aliphatic rings. The van der Waals surface area contributed by atoms with Gasteiger partial charge in [0.25, 0.3) is 0 Å². The summed E-state index contributed by atoms with van der Waals surface area (Å²) < 4.78 is 28.8. The van der Waals surface area contributed by atoms with Gasteiger partial charge in [-0.15, -0.1) is 0 Å². The molecule has 2 rings (SSSR count). The molecule has 1 saturated carbocycles. The third-order valence-electron chi connectivity index (χ3n) is 4.45. The molecule has 0 aliphatic heterocycles. The van der Waals surface area contributed by atoms with Gasteiger partial charge in [0, 0.05) is 6.04 Å². The quantitative estimate of drug-likeness (QED) is 0.462. The number of benzene rings is 1. The van der Waals surface area contributed by atoms with E-state index in [1.165, 1.54) is 24.3 Å². The molecule has 4 unspecified atom stereocenters. The van der Waals surface area contributed by atoms with Gasteiger partial charge in [-0.2, -0.15) is 0 Å². The van der Waals surface area contributed by atoms with Crippen LogP contribution >= 0.6 is 0 Å². The van der Waals surface area contributed by atoms with E-state index in [2.05, 4.69) is 18.5 Å². The average Bonchev–Trinajstić information content (AvgIpc) is 3.35. The molecular weight excluding hydrogens is 365 g/mol. The zero-order chi connectivity index (χ0) is 20.5. The van der Waals surface area contributed by atoms with E-state index in [-0.39, 0.29) is 43.1 Å². The Bertz CT molecular complexity index is 691. The Morgan fingerprint density at radius 2 is 1.82 bits per heavy atom. The van der Waals surface area contributed by atoms with Gasteiger partial charge in [0.1, 0.15) is 19.0 Å². The predicted octanol–water partition coefficient (Wildman–Crippen LogP) is 3.38. The monoisotopic (exact) mass is 391 g/mol. The van der Waals surface area contributed by atoms with E-state index in [1.807, 2.05) is 6.92 Å². The summed E-state index contributed by atoms with van der Waals surface area (Å²) in [6, 6.07) is 5.71. The maximum Gasteiger partial charge on any atom is 0.407 e. The number of ether oxygens (including phenoxy) is 3. The van der Waals surface area contributed by atoms with E-state index in [1.54, 1.807) is 12.1 Å². The number of alkyl carbamates (subject to hydrolysis) is 1. The summed E-state index contributed by atoms with van der Waals surface area (Å²) in [5.41, 5.74) is 0.855. The lowest BCUT2D eigenvalue weighted by molar-refractivity contribution is -0.144. The van der Waals surface area contributed by atoms with Crippen LogP contribution in [0.5, 0.6) is 0 Å². The molecule has 0 spiro atoms. The molecule has 152 valence electrons. The summed E-state index contributed by atoms with van der Waals surface area (Å²) in [6.07, 6.45) is 2.74. The predicted molar refractivity (Wildman–Crippen MR) is 102 cm³/mol. The lowest BCUT2D eigenvalue weighted by atomic mass is 10.1. The molecule has 1 fully saturated rings. The number of nitrogens with one attached hydrogen (secondary N) is 1. The minimum absolute atomic E-state index is 0.0893. The Balaban J connectivity index is 1.87. The summed E-state index contributed by atoms with van der Waals surface area (Å²) in [6.45, 7) is 9.43. The number of carbonyl (C=O) groups excluding carboxylic acids is 2. The van der Waals surface area contributed by atoms with Gasteiger partial charge < -0.3 is 19.5 Å². The number of hydrogen-bond donors (Lipinski definition) is 1. The molecule has 1 N–H and O–H groups in total. The molecule has 0 radical (unpaired) electrons. The van der Waals surface area contributed by atoms with Crippen molar-refractivity contribution in [3.05, 3.63) is 61.0 Å². The fraction of sp³-hybridized carbons (Fsp3) is 0.429. The summed E-state index contributed by atoms with van der Waals surface area (Å²) in [5.74, 6) is -1.25. The lowest BCUT2D eigenvalue weighted by Crippen LogP contribution is -2.30. The summed E-state index contributed by atoms with van der Waals surface area (Å²) in [5, 5.41) is 2.70. The Hall–Kier alpha value is -2.67. The molecule has 1 aliphatic carbocycles. The molecule has 28 heavy (non-hydrogen) atoms.